The van der Waals surface area contributed by atoms with Gasteiger partial charge in [-0.05, 0) is 41.5 Å². The molecule has 0 atom stereocenters. The van der Waals surface area contributed by atoms with Crippen LogP contribution in [0.25, 0.3) is 27.8 Å². The number of benzene rings is 3. The first kappa shape index (κ1) is 17.6. The van der Waals surface area contributed by atoms with E-state index in [0.717, 1.165) is 34.4 Å². The zero-order valence-electron chi connectivity index (χ0n) is 15.8. The van der Waals surface area contributed by atoms with Crippen molar-refractivity contribution in [1.82, 2.24) is 14.7 Å². The molecule has 0 spiro atoms. The number of nitrogens with zero attached hydrogens (tertiary/aromatic N) is 2. The van der Waals surface area contributed by atoms with Crippen molar-refractivity contribution in [2.24, 2.45) is 0 Å². The van der Waals surface area contributed by atoms with E-state index in [1.807, 2.05) is 60.8 Å². The fourth-order valence-corrected chi connectivity index (χ4v) is 3.82. The van der Waals surface area contributed by atoms with Gasteiger partial charge in [-0.1, -0.05) is 54.6 Å². The van der Waals surface area contributed by atoms with Crippen molar-refractivity contribution in [2.75, 3.05) is 0 Å². The minimum absolute atomic E-state index is 0.225. The molecule has 5 rings (SSSR count). The van der Waals surface area contributed by atoms with Gasteiger partial charge in [-0.3, -0.25) is 4.98 Å². The Hall–Kier alpha value is -3.50. The maximum absolute atomic E-state index is 14.6. The van der Waals surface area contributed by atoms with Gasteiger partial charge in [-0.2, -0.15) is 0 Å². The van der Waals surface area contributed by atoms with Crippen molar-refractivity contribution < 1.29 is 4.39 Å². The number of aromatic nitrogens is 2. The molecule has 1 N–H and O–H groups in total. The summed E-state index contributed by atoms with van der Waals surface area (Å²) in [5.41, 5.74) is 6.60. The summed E-state index contributed by atoms with van der Waals surface area (Å²) in [6.45, 7) is 1.45. The second-order valence-corrected chi connectivity index (χ2v) is 7.09. The van der Waals surface area contributed by atoms with Crippen molar-refractivity contribution in [1.29, 1.82) is 0 Å². The minimum atomic E-state index is -0.225. The number of nitrogens with one attached hydrogen (secondary N) is 1. The number of rotatable bonds is 5. The van der Waals surface area contributed by atoms with Crippen LogP contribution in [0.15, 0.2) is 91.1 Å². The van der Waals surface area contributed by atoms with Crippen molar-refractivity contribution in [3.8, 4) is 11.3 Å². The van der Waals surface area contributed by atoms with Crippen LogP contribution < -0.4 is 5.32 Å². The Morgan fingerprint density at radius 1 is 0.793 bits per heavy atom. The number of fused-ring (bicyclic) bond motifs is 3. The Morgan fingerprint density at radius 3 is 2.41 bits per heavy atom. The van der Waals surface area contributed by atoms with Crippen LogP contribution in [0.1, 0.15) is 11.1 Å². The first-order valence-electron chi connectivity index (χ1n) is 9.69. The lowest BCUT2D eigenvalue weighted by Crippen LogP contribution is -2.12. The molecule has 0 fully saturated rings. The smallest absolute Gasteiger partial charge is 0.132 e. The van der Waals surface area contributed by atoms with Gasteiger partial charge in [0.15, 0.2) is 0 Å². The molecule has 0 saturated heterocycles. The van der Waals surface area contributed by atoms with Gasteiger partial charge in [0, 0.05) is 18.7 Å². The van der Waals surface area contributed by atoms with Gasteiger partial charge in [0.05, 0.1) is 28.4 Å². The fourth-order valence-electron chi connectivity index (χ4n) is 3.82. The predicted octanol–water partition coefficient (Wildman–Crippen LogP) is 5.58. The molecule has 0 aliphatic rings. The first-order chi connectivity index (χ1) is 14.3. The van der Waals surface area contributed by atoms with Crippen molar-refractivity contribution in [3.63, 3.8) is 0 Å². The Kier molecular flexibility index (Phi) is 4.54. The third-order valence-corrected chi connectivity index (χ3v) is 5.21. The van der Waals surface area contributed by atoms with E-state index in [0.29, 0.717) is 12.1 Å². The molecule has 0 aliphatic carbocycles. The van der Waals surface area contributed by atoms with Crippen LogP contribution in [0.5, 0.6) is 0 Å². The van der Waals surface area contributed by atoms with E-state index in [4.69, 9.17) is 0 Å². The van der Waals surface area contributed by atoms with Gasteiger partial charge in [-0.15, -0.1) is 0 Å². The first-order valence-corrected chi connectivity index (χ1v) is 9.69. The van der Waals surface area contributed by atoms with Crippen molar-refractivity contribution in [3.05, 3.63) is 108 Å². The van der Waals surface area contributed by atoms with Gasteiger partial charge in [-0.25, -0.2) is 4.39 Å². The highest BCUT2D eigenvalue weighted by molar-refractivity contribution is 5.84. The lowest BCUT2D eigenvalue weighted by molar-refractivity contribution is 0.630. The molecular formula is C25H20FN3. The summed E-state index contributed by atoms with van der Waals surface area (Å²) in [5.74, 6) is -0.225. The molecule has 3 aromatic carbocycles. The molecule has 142 valence electrons. The van der Waals surface area contributed by atoms with E-state index in [2.05, 4.69) is 32.9 Å². The molecule has 0 radical (unpaired) electrons. The number of halogens is 1. The van der Waals surface area contributed by atoms with Crippen LogP contribution in [-0.2, 0) is 13.1 Å². The van der Waals surface area contributed by atoms with Crippen LogP contribution >= 0.6 is 0 Å². The van der Waals surface area contributed by atoms with Gasteiger partial charge in [0.1, 0.15) is 5.82 Å². The van der Waals surface area contributed by atoms with Gasteiger partial charge in [0.2, 0.25) is 0 Å². The summed E-state index contributed by atoms with van der Waals surface area (Å²) in [6.07, 6.45) is 1.88. The summed E-state index contributed by atoms with van der Waals surface area (Å²) in [4.78, 5) is 4.62. The molecule has 4 heteroatoms. The molecule has 0 saturated carbocycles. The normalized spacial score (nSPS) is 11.3. The molecule has 0 bridgehead atoms. The largest absolute Gasteiger partial charge is 0.309 e. The highest BCUT2D eigenvalue weighted by Crippen LogP contribution is 2.31. The highest BCUT2D eigenvalue weighted by atomic mass is 19.1. The maximum Gasteiger partial charge on any atom is 0.132 e. The van der Waals surface area contributed by atoms with Crippen molar-refractivity contribution in [2.45, 2.75) is 13.1 Å². The summed E-state index contributed by atoms with van der Waals surface area (Å²) in [6, 6.07) is 27.3. The van der Waals surface area contributed by atoms with Gasteiger partial charge < -0.3 is 9.72 Å². The van der Waals surface area contributed by atoms with Gasteiger partial charge in [0.25, 0.3) is 0 Å². The highest BCUT2D eigenvalue weighted by Gasteiger charge is 2.16. The third kappa shape index (κ3) is 3.28. The molecule has 2 aromatic heterocycles. The number of hydrogen-bond donors (Lipinski definition) is 1. The Balaban J connectivity index is 1.61. The zero-order valence-corrected chi connectivity index (χ0v) is 15.8. The lowest BCUT2D eigenvalue weighted by atomic mass is 10.1. The third-order valence-electron chi connectivity index (χ3n) is 5.21. The van der Waals surface area contributed by atoms with E-state index in [9.17, 15) is 4.39 Å². The Morgan fingerprint density at radius 2 is 1.55 bits per heavy atom. The quantitative estimate of drug-likeness (QED) is 0.430. The Bertz CT molecular complexity index is 1290. The van der Waals surface area contributed by atoms with Gasteiger partial charge >= 0.3 is 0 Å². The van der Waals surface area contributed by atoms with Crippen LogP contribution in [0.4, 0.5) is 4.39 Å². The zero-order chi connectivity index (χ0) is 19.6. The average Bonchev–Trinajstić information content (AvgIpc) is 3.14. The molecular weight excluding hydrogens is 361 g/mol. The van der Waals surface area contributed by atoms with E-state index in [1.54, 1.807) is 6.07 Å². The van der Waals surface area contributed by atoms with E-state index in [1.165, 1.54) is 11.6 Å². The molecule has 0 unspecified atom stereocenters. The van der Waals surface area contributed by atoms with Crippen LogP contribution in [0.3, 0.4) is 0 Å². The lowest BCUT2D eigenvalue weighted by Gasteiger charge is -2.08. The van der Waals surface area contributed by atoms with Crippen LogP contribution in [0.2, 0.25) is 0 Å². The summed E-state index contributed by atoms with van der Waals surface area (Å²) in [7, 11) is 0. The number of hydrogen-bond acceptors (Lipinski definition) is 2. The van der Waals surface area contributed by atoms with Crippen LogP contribution in [-0.4, -0.2) is 9.38 Å². The fraction of sp³-hybridized carbons (Fsp3) is 0.0800. The number of para-hydroxylation sites is 2. The van der Waals surface area contributed by atoms with E-state index >= 15 is 0 Å². The summed E-state index contributed by atoms with van der Waals surface area (Å²) >= 11 is 0. The van der Waals surface area contributed by atoms with E-state index < -0.39 is 0 Å². The maximum atomic E-state index is 14.6. The van der Waals surface area contributed by atoms with E-state index in [-0.39, 0.29) is 5.82 Å². The predicted molar refractivity (Wildman–Crippen MR) is 115 cm³/mol. The SMILES string of the molecule is Fc1ccccc1-c1cc(CNCc2ccccc2)c2cnc3ccccc3n12. The molecule has 0 aliphatic heterocycles. The van der Waals surface area contributed by atoms with Crippen molar-refractivity contribution >= 4 is 16.6 Å². The minimum Gasteiger partial charge on any atom is -0.309 e. The summed E-state index contributed by atoms with van der Waals surface area (Å²) in [5, 5.41) is 3.50. The second kappa shape index (κ2) is 7.49. The molecule has 29 heavy (non-hydrogen) atoms. The summed E-state index contributed by atoms with van der Waals surface area (Å²) < 4.78 is 16.8. The molecule has 2 heterocycles. The second-order valence-electron chi connectivity index (χ2n) is 7.09. The Labute approximate surface area is 168 Å². The standard InChI is InChI=1S/C25H20FN3/c26-21-11-5-4-10-20(21)24-14-19(16-27-15-18-8-2-1-3-9-18)25-17-28-22-12-6-7-13-23(22)29(24)25/h1-14,17,27H,15-16H2. The van der Waals surface area contributed by atoms with Crippen LogP contribution in [0, 0.1) is 5.82 Å². The topological polar surface area (TPSA) is 29.3 Å². The molecule has 5 aromatic rings. The monoisotopic (exact) mass is 381 g/mol. The molecule has 0 amide bonds. The average molecular weight is 381 g/mol. The molecule has 3 nitrogen and oxygen atoms in total.